The number of nitrogens with zero attached hydrogens (tertiary/aromatic N) is 1. The van der Waals surface area contributed by atoms with Crippen LogP contribution < -0.4 is 10.5 Å². The topological polar surface area (TPSA) is 38.5 Å². The third-order valence-electron chi connectivity index (χ3n) is 4.56. The molecule has 1 aromatic rings. The van der Waals surface area contributed by atoms with Gasteiger partial charge in [0.05, 0.1) is 11.6 Å². The second-order valence-electron chi connectivity index (χ2n) is 6.20. The Balaban J connectivity index is 1.85. The van der Waals surface area contributed by atoms with Crippen LogP contribution in [0.4, 0.5) is 0 Å². The van der Waals surface area contributed by atoms with Gasteiger partial charge < -0.3 is 15.4 Å². The first-order valence-electron chi connectivity index (χ1n) is 7.93. The fourth-order valence-electron chi connectivity index (χ4n) is 3.06. The number of rotatable bonds is 6. The van der Waals surface area contributed by atoms with Gasteiger partial charge in [0.15, 0.2) is 0 Å². The van der Waals surface area contributed by atoms with Crippen molar-refractivity contribution < 1.29 is 4.74 Å². The number of piperidine rings is 1. The minimum atomic E-state index is 0.413. The first-order chi connectivity index (χ1) is 10.1. The van der Waals surface area contributed by atoms with Crippen molar-refractivity contribution in [3.05, 3.63) is 29.3 Å². The average molecular weight is 311 g/mol. The molecule has 1 heterocycles. The Morgan fingerprint density at radius 1 is 1.29 bits per heavy atom. The van der Waals surface area contributed by atoms with E-state index < -0.39 is 0 Å². The molecule has 0 amide bonds. The van der Waals surface area contributed by atoms with Crippen LogP contribution in [0.15, 0.2) is 24.3 Å². The van der Waals surface area contributed by atoms with E-state index in [9.17, 15) is 0 Å². The van der Waals surface area contributed by atoms with Crippen LogP contribution in [0.5, 0.6) is 5.75 Å². The highest BCUT2D eigenvalue weighted by Crippen LogP contribution is 2.28. The normalized spacial score (nSPS) is 18.9. The van der Waals surface area contributed by atoms with E-state index in [0.29, 0.717) is 36.1 Å². The molecule has 4 heteroatoms. The summed E-state index contributed by atoms with van der Waals surface area (Å²) in [7, 11) is 0. The molecular weight excluding hydrogens is 284 g/mol. The van der Waals surface area contributed by atoms with E-state index in [2.05, 4.69) is 18.7 Å². The lowest BCUT2D eigenvalue weighted by molar-refractivity contribution is 0.101. The molecule has 0 bridgehead atoms. The van der Waals surface area contributed by atoms with Crippen LogP contribution in [0, 0.1) is 11.8 Å². The monoisotopic (exact) mass is 310 g/mol. The summed E-state index contributed by atoms with van der Waals surface area (Å²) >= 11 is 6.13. The molecule has 2 rings (SSSR count). The highest BCUT2D eigenvalue weighted by molar-refractivity contribution is 6.32. The zero-order chi connectivity index (χ0) is 15.2. The molecule has 0 aliphatic carbocycles. The lowest BCUT2D eigenvalue weighted by atomic mass is 9.84. The Bertz CT molecular complexity index is 431. The summed E-state index contributed by atoms with van der Waals surface area (Å²) in [5, 5.41) is 0.669. The summed E-state index contributed by atoms with van der Waals surface area (Å²) in [6, 6.07) is 8.27. The summed E-state index contributed by atoms with van der Waals surface area (Å²) in [6.07, 6.45) is 2.43. The largest absolute Gasteiger partial charge is 0.492 e. The standard InChI is InChI=1S/C17H27ClN2O/c1-13(2)20-9-7-14(8-10-20)15(11-19)12-21-17-6-4-3-5-16(17)18/h3-6,13-15H,7-12,19H2,1-2H3. The molecule has 1 fully saturated rings. The summed E-state index contributed by atoms with van der Waals surface area (Å²) < 4.78 is 5.89. The van der Waals surface area contributed by atoms with Gasteiger partial charge in [-0.05, 0) is 64.4 Å². The number of halogens is 1. The van der Waals surface area contributed by atoms with Gasteiger partial charge in [0.1, 0.15) is 5.75 Å². The Morgan fingerprint density at radius 2 is 1.95 bits per heavy atom. The van der Waals surface area contributed by atoms with E-state index in [1.165, 1.54) is 25.9 Å². The van der Waals surface area contributed by atoms with Crippen LogP contribution in [-0.4, -0.2) is 37.2 Å². The van der Waals surface area contributed by atoms with Crippen molar-refractivity contribution in [2.45, 2.75) is 32.7 Å². The lowest BCUT2D eigenvalue weighted by Crippen LogP contribution is -2.42. The molecular formula is C17H27ClN2O. The first kappa shape index (κ1) is 16.6. The van der Waals surface area contributed by atoms with Gasteiger partial charge in [-0.15, -0.1) is 0 Å². The van der Waals surface area contributed by atoms with E-state index >= 15 is 0 Å². The molecule has 1 aliphatic rings. The van der Waals surface area contributed by atoms with Crippen molar-refractivity contribution in [3.8, 4) is 5.75 Å². The molecule has 1 aliphatic heterocycles. The smallest absolute Gasteiger partial charge is 0.137 e. The van der Waals surface area contributed by atoms with Gasteiger partial charge >= 0.3 is 0 Å². The van der Waals surface area contributed by atoms with Gasteiger partial charge in [-0.2, -0.15) is 0 Å². The number of hydrogen-bond donors (Lipinski definition) is 1. The van der Waals surface area contributed by atoms with E-state index in [0.717, 1.165) is 5.75 Å². The molecule has 0 radical (unpaired) electrons. The molecule has 2 N–H and O–H groups in total. The molecule has 1 aromatic carbocycles. The molecule has 0 spiro atoms. The molecule has 0 saturated carbocycles. The fourth-order valence-corrected chi connectivity index (χ4v) is 3.25. The summed E-state index contributed by atoms with van der Waals surface area (Å²) in [5.74, 6) is 1.83. The number of hydrogen-bond acceptors (Lipinski definition) is 3. The zero-order valence-electron chi connectivity index (χ0n) is 13.1. The number of benzene rings is 1. The Hall–Kier alpha value is -0.770. The summed E-state index contributed by atoms with van der Waals surface area (Å²) in [5.41, 5.74) is 5.97. The number of ether oxygens (including phenoxy) is 1. The van der Waals surface area contributed by atoms with Gasteiger partial charge in [-0.25, -0.2) is 0 Å². The minimum Gasteiger partial charge on any atom is -0.492 e. The van der Waals surface area contributed by atoms with Crippen LogP contribution in [0.3, 0.4) is 0 Å². The average Bonchev–Trinajstić information content (AvgIpc) is 2.50. The number of nitrogens with two attached hydrogens (primary N) is 1. The van der Waals surface area contributed by atoms with Crippen LogP contribution in [-0.2, 0) is 0 Å². The van der Waals surface area contributed by atoms with Crippen LogP contribution in [0.1, 0.15) is 26.7 Å². The molecule has 1 unspecified atom stereocenters. The van der Waals surface area contributed by atoms with Gasteiger partial charge in [-0.1, -0.05) is 23.7 Å². The maximum Gasteiger partial charge on any atom is 0.137 e. The van der Waals surface area contributed by atoms with Crippen molar-refractivity contribution in [2.75, 3.05) is 26.2 Å². The van der Waals surface area contributed by atoms with Crippen LogP contribution in [0.2, 0.25) is 5.02 Å². The Morgan fingerprint density at radius 3 is 2.52 bits per heavy atom. The molecule has 1 saturated heterocycles. The van der Waals surface area contributed by atoms with Crippen molar-refractivity contribution in [1.82, 2.24) is 4.90 Å². The van der Waals surface area contributed by atoms with Gasteiger partial charge in [0.2, 0.25) is 0 Å². The maximum atomic E-state index is 6.13. The number of likely N-dealkylation sites (tertiary alicyclic amines) is 1. The van der Waals surface area contributed by atoms with E-state index in [4.69, 9.17) is 22.1 Å². The summed E-state index contributed by atoms with van der Waals surface area (Å²) in [4.78, 5) is 2.54. The summed E-state index contributed by atoms with van der Waals surface area (Å²) in [6.45, 7) is 8.21. The third kappa shape index (κ3) is 4.60. The third-order valence-corrected chi connectivity index (χ3v) is 4.88. The lowest BCUT2D eigenvalue weighted by Gasteiger charge is -2.37. The van der Waals surface area contributed by atoms with Gasteiger partial charge in [0.25, 0.3) is 0 Å². The van der Waals surface area contributed by atoms with Gasteiger partial charge in [-0.3, -0.25) is 0 Å². The van der Waals surface area contributed by atoms with Crippen molar-refractivity contribution in [2.24, 2.45) is 17.6 Å². The molecule has 3 nitrogen and oxygen atoms in total. The van der Waals surface area contributed by atoms with Crippen molar-refractivity contribution in [1.29, 1.82) is 0 Å². The van der Waals surface area contributed by atoms with E-state index in [1.807, 2.05) is 24.3 Å². The van der Waals surface area contributed by atoms with Crippen LogP contribution in [0.25, 0.3) is 0 Å². The molecule has 1 atom stereocenters. The Kier molecular flexibility index (Phi) is 6.34. The zero-order valence-corrected chi connectivity index (χ0v) is 13.9. The van der Waals surface area contributed by atoms with E-state index in [-0.39, 0.29) is 0 Å². The quantitative estimate of drug-likeness (QED) is 0.875. The maximum absolute atomic E-state index is 6.13. The van der Waals surface area contributed by atoms with E-state index in [1.54, 1.807) is 0 Å². The Labute approximate surface area is 133 Å². The molecule has 0 aromatic heterocycles. The molecule has 118 valence electrons. The minimum absolute atomic E-state index is 0.413. The predicted octanol–water partition coefficient (Wildman–Crippen LogP) is 3.41. The second-order valence-corrected chi connectivity index (χ2v) is 6.61. The fraction of sp³-hybridized carbons (Fsp3) is 0.647. The molecule has 21 heavy (non-hydrogen) atoms. The van der Waals surface area contributed by atoms with Gasteiger partial charge in [0, 0.05) is 12.0 Å². The number of para-hydroxylation sites is 1. The SMILES string of the molecule is CC(C)N1CCC(C(CN)COc2ccccc2Cl)CC1. The van der Waals surface area contributed by atoms with Crippen molar-refractivity contribution in [3.63, 3.8) is 0 Å². The first-order valence-corrected chi connectivity index (χ1v) is 8.31. The van der Waals surface area contributed by atoms with Crippen LogP contribution >= 0.6 is 11.6 Å². The second kappa shape index (κ2) is 8.02. The van der Waals surface area contributed by atoms with Crippen molar-refractivity contribution >= 4 is 11.6 Å². The highest BCUT2D eigenvalue weighted by atomic mass is 35.5. The highest BCUT2D eigenvalue weighted by Gasteiger charge is 2.27. The predicted molar refractivity (Wildman–Crippen MR) is 88.9 cm³/mol.